The van der Waals surface area contributed by atoms with Crippen LogP contribution < -0.4 is 4.74 Å². The molecule has 0 amide bonds. The van der Waals surface area contributed by atoms with Crippen LogP contribution in [0.15, 0.2) is 34.0 Å². The summed E-state index contributed by atoms with van der Waals surface area (Å²) in [4.78, 5) is 15.1. The van der Waals surface area contributed by atoms with E-state index >= 15 is 0 Å². The van der Waals surface area contributed by atoms with Crippen molar-refractivity contribution < 1.29 is 14.6 Å². The number of rotatable bonds is 6. The number of aromatic carboxylic acids is 1. The third-order valence-electron chi connectivity index (χ3n) is 2.26. The van der Waals surface area contributed by atoms with E-state index in [1.165, 1.54) is 6.07 Å². The molecule has 100 valence electrons. The van der Waals surface area contributed by atoms with E-state index in [0.29, 0.717) is 12.4 Å². The number of thiazole rings is 1. The zero-order valence-electron chi connectivity index (χ0n) is 10.3. The van der Waals surface area contributed by atoms with Gasteiger partial charge in [-0.05, 0) is 25.1 Å². The van der Waals surface area contributed by atoms with Crippen molar-refractivity contribution in [3.05, 3.63) is 40.9 Å². The van der Waals surface area contributed by atoms with E-state index in [-0.39, 0.29) is 5.56 Å². The Bertz CT molecular complexity index is 569. The van der Waals surface area contributed by atoms with Crippen LogP contribution in [0.3, 0.4) is 0 Å². The van der Waals surface area contributed by atoms with Gasteiger partial charge in [0.05, 0.1) is 12.2 Å². The number of aryl methyl sites for hydroxylation is 1. The van der Waals surface area contributed by atoms with Crippen molar-refractivity contribution in [2.45, 2.75) is 11.3 Å². The SMILES string of the molecule is Cc1csc(SCCOc2cccc(C(=O)O)c2)n1. The fourth-order valence-electron chi connectivity index (χ4n) is 1.41. The van der Waals surface area contributed by atoms with Gasteiger partial charge in [0.15, 0.2) is 0 Å². The highest BCUT2D eigenvalue weighted by atomic mass is 32.2. The van der Waals surface area contributed by atoms with Crippen molar-refractivity contribution in [1.82, 2.24) is 4.98 Å². The fourth-order valence-corrected chi connectivity index (χ4v) is 3.14. The molecule has 0 saturated carbocycles. The first-order chi connectivity index (χ1) is 9.15. The third-order valence-corrected chi connectivity index (χ3v) is 4.36. The summed E-state index contributed by atoms with van der Waals surface area (Å²) >= 11 is 3.26. The highest BCUT2D eigenvalue weighted by molar-refractivity contribution is 8.01. The average Bonchev–Trinajstić information content (AvgIpc) is 2.81. The van der Waals surface area contributed by atoms with E-state index in [1.54, 1.807) is 41.3 Å². The molecule has 6 heteroatoms. The van der Waals surface area contributed by atoms with Gasteiger partial charge in [0.25, 0.3) is 0 Å². The molecule has 0 unspecified atom stereocenters. The number of nitrogens with zero attached hydrogens (tertiary/aromatic N) is 1. The van der Waals surface area contributed by atoms with Crippen LogP contribution in [0.4, 0.5) is 0 Å². The number of benzene rings is 1. The van der Waals surface area contributed by atoms with Gasteiger partial charge >= 0.3 is 5.97 Å². The number of carboxylic acid groups (broad SMARTS) is 1. The smallest absolute Gasteiger partial charge is 0.335 e. The minimum absolute atomic E-state index is 0.237. The lowest BCUT2D eigenvalue weighted by Gasteiger charge is -2.05. The van der Waals surface area contributed by atoms with Crippen molar-refractivity contribution in [1.29, 1.82) is 0 Å². The first-order valence-corrected chi connectivity index (χ1v) is 7.53. The van der Waals surface area contributed by atoms with E-state index in [2.05, 4.69) is 4.98 Å². The van der Waals surface area contributed by atoms with E-state index in [9.17, 15) is 4.79 Å². The molecule has 0 aliphatic rings. The maximum Gasteiger partial charge on any atom is 0.335 e. The second kappa shape index (κ2) is 6.58. The molecule has 0 aliphatic carbocycles. The molecule has 0 atom stereocenters. The Morgan fingerprint density at radius 3 is 3.05 bits per heavy atom. The summed E-state index contributed by atoms with van der Waals surface area (Å²) in [7, 11) is 0. The lowest BCUT2D eigenvalue weighted by Crippen LogP contribution is -2.02. The van der Waals surface area contributed by atoms with Gasteiger partial charge in [0, 0.05) is 16.8 Å². The number of thioether (sulfide) groups is 1. The van der Waals surface area contributed by atoms with Gasteiger partial charge in [0.1, 0.15) is 10.1 Å². The summed E-state index contributed by atoms with van der Waals surface area (Å²) < 4.78 is 6.55. The summed E-state index contributed by atoms with van der Waals surface area (Å²) in [5.74, 6) is 0.415. The van der Waals surface area contributed by atoms with Crippen LogP contribution >= 0.6 is 23.1 Å². The van der Waals surface area contributed by atoms with Crippen LogP contribution in [0, 0.1) is 6.92 Å². The molecule has 2 rings (SSSR count). The molecule has 1 aromatic carbocycles. The Kier molecular flexibility index (Phi) is 4.81. The highest BCUT2D eigenvalue weighted by Crippen LogP contribution is 2.22. The molecule has 0 radical (unpaired) electrons. The second-order valence-electron chi connectivity index (χ2n) is 3.78. The number of hydrogen-bond donors (Lipinski definition) is 1. The number of carbonyl (C=O) groups is 1. The van der Waals surface area contributed by atoms with Gasteiger partial charge in [-0.2, -0.15) is 0 Å². The molecular formula is C13H13NO3S2. The normalized spacial score (nSPS) is 10.4. The van der Waals surface area contributed by atoms with Gasteiger partial charge in [-0.1, -0.05) is 17.8 Å². The Labute approximate surface area is 119 Å². The topological polar surface area (TPSA) is 59.4 Å². The molecule has 1 aromatic heterocycles. The fraction of sp³-hybridized carbons (Fsp3) is 0.231. The van der Waals surface area contributed by atoms with Gasteiger partial charge in [0.2, 0.25) is 0 Å². The zero-order chi connectivity index (χ0) is 13.7. The lowest BCUT2D eigenvalue weighted by atomic mass is 10.2. The molecule has 2 aromatic rings. The number of ether oxygens (including phenoxy) is 1. The molecule has 4 nitrogen and oxygen atoms in total. The van der Waals surface area contributed by atoms with E-state index in [0.717, 1.165) is 15.8 Å². The second-order valence-corrected chi connectivity index (χ2v) is 5.98. The molecule has 0 saturated heterocycles. The summed E-state index contributed by atoms with van der Waals surface area (Å²) in [5, 5.41) is 10.9. The van der Waals surface area contributed by atoms with Crippen LogP contribution in [-0.4, -0.2) is 28.4 Å². The Morgan fingerprint density at radius 2 is 2.37 bits per heavy atom. The standard InChI is InChI=1S/C13H13NO3S2/c1-9-8-19-13(14-9)18-6-5-17-11-4-2-3-10(7-11)12(15)16/h2-4,7-8H,5-6H2,1H3,(H,15,16). The van der Waals surface area contributed by atoms with E-state index < -0.39 is 5.97 Å². The number of hydrogen-bond acceptors (Lipinski definition) is 5. The minimum Gasteiger partial charge on any atom is -0.493 e. The predicted molar refractivity (Wildman–Crippen MR) is 76.5 cm³/mol. The third kappa shape index (κ3) is 4.25. The maximum absolute atomic E-state index is 10.8. The molecular weight excluding hydrogens is 282 g/mol. The lowest BCUT2D eigenvalue weighted by molar-refractivity contribution is 0.0696. The van der Waals surface area contributed by atoms with Crippen LogP contribution in [0.25, 0.3) is 0 Å². The molecule has 0 aliphatic heterocycles. The maximum atomic E-state index is 10.8. The summed E-state index contributed by atoms with van der Waals surface area (Å²) in [6.07, 6.45) is 0. The molecule has 0 fully saturated rings. The predicted octanol–water partition coefficient (Wildman–Crippen LogP) is 3.32. The van der Waals surface area contributed by atoms with Crippen molar-refractivity contribution in [3.8, 4) is 5.75 Å². The largest absolute Gasteiger partial charge is 0.493 e. The van der Waals surface area contributed by atoms with Crippen LogP contribution in [0.1, 0.15) is 16.1 Å². The number of aromatic nitrogens is 1. The van der Waals surface area contributed by atoms with Crippen LogP contribution in [0.5, 0.6) is 5.75 Å². The zero-order valence-corrected chi connectivity index (χ0v) is 12.0. The average molecular weight is 295 g/mol. The summed E-state index contributed by atoms with van der Waals surface area (Å²) in [6.45, 7) is 2.49. The molecule has 0 bridgehead atoms. The van der Waals surface area contributed by atoms with Crippen LogP contribution in [0.2, 0.25) is 0 Å². The van der Waals surface area contributed by atoms with E-state index in [1.807, 2.05) is 12.3 Å². The summed E-state index contributed by atoms with van der Waals surface area (Å²) in [5.41, 5.74) is 1.27. The quantitative estimate of drug-likeness (QED) is 0.654. The van der Waals surface area contributed by atoms with Gasteiger partial charge < -0.3 is 9.84 Å². The minimum atomic E-state index is -0.946. The molecule has 1 N–H and O–H groups in total. The first kappa shape index (κ1) is 13.9. The van der Waals surface area contributed by atoms with E-state index in [4.69, 9.17) is 9.84 Å². The Morgan fingerprint density at radius 1 is 1.53 bits per heavy atom. The first-order valence-electron chi connectivity index (χ1n) is 5.66. The van der Waals surface area contributed by atoms with Crippen molar-refractivity contribution in [2.24, 2.45) is 0 Å². The van der Waals surface area contributed by atoms with Crippen LogP contribution in [-0.2, 0) is 0 Å². The van der Waals surface area contributed by atoms with Gasteiger partial charge in [-0.25, -0.2) is 9.78 Å². The monoisotopic (exact) mass is 295 g/mol. The molecule has 0 spiro atoms. The van der Waals surface area contributed by atoms with Gasteiger partial charge in [-0.3, -0.25) is 0 Å². The highest BCUT2D eigenvalue weighted by Gasteiger charge is 2.04. The summed E-state index contributed by atoms with van der Waals surface area (Å²) in [6, 6.07) is 6.50. The molecule has 19 heavy (non-hydrogen) atoms. The van der Waals surface area contributed by atoms with Crippen molar-refractivity contribution in [3.63, 3.8) is 0 Å². The number of carboxylic acids is 1. The Hall–Kier alpha value is -1.53. The Balaban J connectivity index is 1.79. The van der Waals surface area contributed by atoms with Crippen molar-refractivity contribution in [2.75, 3.05) is 12.4 Å². The molecule has 1 heterocycles. The van der Waals surface area contributed by atoms with Gasteiger partial charge in [-0.15, -0.1) is 11.3 Å². The van der Waals surface area contributed by atoms with Crippen molar-refractivity contribution >= 4 is 29.1 Å².